The van der Waals surface area contributed by atoms with E-state index in [1.807, 2.05) is 0 Å². The summed E-state index contributed by atoms with van der Waals surface area (Å²) in [6, 6.07) is 0. The summed E-state index contributed by atoms with van der Waals surface area (Å²) >= 11 is 0. The van der Waals surface area contributed by atoms with Crippen LogP contribution in [0.15, 0.2) is 6.20 Å². The summed E-state index contributed by atoms with van der Waals surface area (Å²) in [5.74, 6) is -0.537. The van der Waals surface area contributed by atoms with Gasteiger partial charge in [0, 0.05) is 0 Å². The highest BCUT2D eigenvalue weighted by molar-refractivity contribution is 5.56. The van der Waals surface area contributed by atoms with E-state index < -0.39 is 23.6 Å². The van der Waals surface area contributed by atoms with Gasteiger partial charge in [-0.3, -0.25) is 10.1 Å². The fourth-order valence-electron chi connectivity index (χ4n) is 0.827. The molecule has 0 unspecified atom stereocenters. The Kier molecular flexibility index (Phi) is 3.26. The average Bonchev–Trinajstić information content (AvgIpc) is 2.14. The zero-order chi connectivity index (χ0) is 11.4. The van der Waals surface area contributed by atoms with Crippen LogP contribution in [0, 0.1) is 10.1 Å². The van der Waals surface area contributed by atoms with E-state index in [0.29, 0.717) is 0 Å². The molecule has 0 saturated heterocycles. The van der Waals surface area contributed by atoms with Crippen LogP contribution in [0.25, 0.3) is 0 Å². The zero-order valence-corrected chi connectivity index (χ0v) is 7.35. The third-order valence-corrected chi connectivity index (χ3v) is 1.41. The summed E-state index contributed by atoms with van der Waals surface area (Å²) < 4.78 is 23.7. The molecule has 1 aromatic rings. The van der Waals surface area contributed by atoms with E-state index in [0.717, 1.165) is 6.20 Å². The lowest BCUT2D eigenvalue weighted by molar-refractivity contribution is -0.384. The summed E-state index contributed by atoms with van der Waals surface area (Å²) in [7, 11) is 0. The van der Waals surface area contributed by atoms with Crippen molar-refractivity contribution >= 4 is 17.5 Å². The van der Waals surface area contributed by atoms with E-state index in [2.05, 4.69) is 15.3 Å². The number of nitrogens with two attached hydrogens (primary N) is 1. The third-order valence-electron chi connectivity index (χ3n) is 1.41. The molecule has 0 bridgehead atoms. The normalized spacial score (nSPS) is 10.3. The van der Waals surface area contributed by atoms with E-state index >= 15 is 0 Å². The standard InChI is InChI=1S/C6H7F2N5O2/c7-4(8)2-10-5-3(13(14)15)1-11-6(9)12-5/h1,4H,2H2,(H3,9,10,11,12). The molecule has 0 fully saturated rings. The summed E-state index contributed by atoms with van der Waals surface area (Å²) in [6.07, 6.45) is -1.78. The van der Waals surface area contributed by atoms with Crippen LogP contribution in [-0.4, -0.2) is 27.9 Å². The van der Waals surface area contributed by atoms with E-state index in [-0.39, 0.29) is 11.8 Å². The van der Waals surface area contributed by atoms with Gasteiger partial charge in [0.05, 0.1) is 11.5 Å². The van der Waals surface area contributed by atoms with Gasteiger partial charge in [0.1, 0.15) is 6.20 Å². The number of aromatic nitrogens is 2. The first-order valence-electron chi connectivity index (χ1n) is 3.79. The lowest BCUT2D eigenvalue weighted by atomic mass is 10.4. The van der Waals surface area contributed by atoms with Crippen molar-refractivity contribution < 1.29 is 13.7 Å². The second-order valence-electron chi connectivity index (χ2n) is 2.49. The molecule has 3 N–H and O–H groups in total. The molecule has 1 aromatic heterocycles. The quantitative estimate of drug-likeness (QED) is 0.568. The SMILES string of the molecule is Nc1ncc([N+](=O)[O-])c(NCC(F)F)n1. The van der Waals surface area contributed by atoms with Gasteiger partial charge < -0.3 is 11.1 Å². The molecule has 0 spiro atoms. The van der Waals surface area contributed by atoms with Gasteiger partial charge in [0.15, 0.2) is 0 Å². The molecule has 0 radical (unpaired) electrons. The molecule has 0 atom stereocenters. The molecule has 0 aromatic carbocycles. The van der Waals surface area contributed by atoms with Crippen molar-refractivity contribution in [3.05, 3.63) is 16.3 Å². The van der Waals surface area contributed by atoms with Crippen molar-refractivity contribution in [1.82, 2.24) is 9.97 Å². The van der Waals surface area contributed by atoms with Gasteiger partial charge in [-0.15, -0.1) is 0 Å². The minimum atomic E-state index is -2.64. The number of halogens is 2. The maximum absolute atomic E-state index is 11.8. The molecule has 7 nitrogen and oxygen atoms in total. The average molecular weight is 219 g/mol. The number of nitrogens with one attached hydrogen (secondary N) is 1. The Labute approximate surface area is 82.5 Å². The van der Waals surface area contributed by atoms with Gasteiger partial charge in [-0.05, 0) is 0 Å². The fraction of sp³-hybridized carbons (Fsp3) is 0.333. The molecular formula is C6H7F2N5O2. The molecular weight excluding hydrogens is 212 g/mol. The maximum Gasteiger partial charge on any atom is 0.329 e. The van der Waals surface area contributed by atoms with Crippen molar-refractivity contribution in [2.45, 2.75) is 6.43 Å². The molecule has 1 heterocycles. The van der Waals surface area contributed by atoms with Crippen molar-refractivity contribution in [3.63, 3.8) is 0 Å². The number of hydrogen-bond acceptors (Lipinski definition) is 6. The van der Waals surface area contributed by atoms with Crippen molar-refractivity contribution in [2.75, 3.05) is 17.6 Å². The maximum atomic E-state index is 11.8. The highest BCUT2D eigenvalue weighted by Gasteiger charge is 2.17. The van der Waals surface area contributed by atoms with Crippen LogP contribution in [0.2, 0.25) is 0 Å². The largest absolute Gasteiger partial charge is 0.368 e. The number of anilines is 2. The van der Waals surface area contributed by atoms with Gasteiger partial charge in [0.2, 0.25) is 11.8 Å². The van der Waals surface area contributed by atoms with Crippen molar-refractivity contribution in [3.8, 4) is 0 Å². The van der Waals surface area contributed by atoms with Gasteiger partial charge in [-0.25, -0.2) is 13.8 Å². The minimum absolute atomic E-state index is 0.225. The van der Waals surface area contributed by atoms with E-state index in [1.165, 1.54) is 0 Å². The first-order valence-corrected chi connectivity index (χ1v) is 3.79. The molecule has 9 heteroatoms. The highest BCUT2D eigenvalue weighted by atomic mass is 19.3. The van der Waals surface area contributed by atoms with Crippen molar-refractivity contribution in [1.29, 1.82) is 0 Å². The Morgan fingerprint density at radius 2 is 2.33 bits per heavy atom. The molecule has 82 valence electrons. The van der Waals surface area contributed by atoms with E-state index in [9.17, 15) is 18.9 Å². The number of hydrogen-bond donors (Lipinski definition) is 2. The highest BCUT2D eigenvalue weighted by Crippen LogP contribution is 2.20. The summed E-state index contributed by atoms with van der Waals surface area (Å²) in [6.45, 7) is -0.739. The Morgan fingerprint density at radius 3 is 2.87 bits per heavy atom. The van der Waals surface area contributed by atoms with Gasteiger partial charge in [0.25, 0.3) is 6.43 Å². The lowest BCUT2D eigenvalue weighted by Gasteiger charge is -2.04. The van der Waals surface area contributed by atoms with Gasteiger partial charge >= 0.3 is 5.69 Å². The minimum Gasteiger partial charge on any atom is -0.368 e. The smallest absolute Gasteiger partial charge is 0.329 e. The zero-order valence-electron chi connectivity index (χ0n) is 7.35. The lowest BCUT2D eigenvalue weighted by Crippen LogP contribution is -2.13. The topological polar surface area (TPSA) is 107 Å². The summed E-state index contributed by atoms with van der Waals surface area (Å²) in [4.78, 5) is 16.5. The Bertz CT molecular complexity index is 373. The Hall–Kier alpha value is -2.06. The van der Waals surface area contributed by atoms with Crippen LogP contribution < -0.4 is 11.1 Å². The van der Waals surface area contributed by atoms with Crippen LogP contribution in [0.5, 0.6) is 0 Å². The summed E-state index contributed by atoms with van der Waals surface area (Å²) in [5.41, 5.74) is 4.67. The predicted molar refractivity (Wildman–Crippen MR) is 47.6 cm³/mol. The monoisotopic (exact) mass is 219 g/mol. The second kappa shape index (κ2) is 4.44. The molecule has 0 aliphatic heterocycles. The molecule has 0 amide bonds. The number of rotatable bonds is 4. The Morgan fingerprint density at radius 1 is 1.67 bits per heavy atom. The summed E-state index contributed by atoms with van der Waals surface area (Å²) in [5, 5.41) is 12.5. The number of alkyl halides is 2. The van der Waals surface area contributed by atoms with Gasteiger partial charge in [-0.2, -0.15) is 4.98 Å². The van der Waals surface area contributed by atoms with E-state index in [4.69, 9.17) is 5.73 Å². The fourth-order valence-corrected chi connectivity index (χ4v) is 0.827. The number of nitrogen functional groups attached to an aromatic ring is 1. The second-order valence-corrected chi connectivity index (χ2v) is 2.49. The first kappa shape index (κ1) is 11.0. The van der Waals surface area contributed by atoms with Crippen LogP contribution in [-0.2, 0) is 0 Å². The third kappa shape index (κ3) is 2.97. The van der Waals surface area contributed by atoms with Gasteiger partial charge in [-0.1, -0.05) is 0 Å². The van der Waals surface area contributed by atoms with Crippen LogP contribution in [0.1, 0.15) is 0 Å². The Balaban J connectivity index is 2.92. The first-order chi connectivity index (χ1) is 7.00. The molecule has 15 heavy (non-hydrogen) atoms. The molecule has 0 aliphatic carbocycles. The van der Waals surface area contributed by atoms with Crippen LogP contribution in [0.4, 0.5) is 26.2 Å². The van der Waals surface area contributed by atoms with E-state index in [1.54, 1.807) is 0 Å². The predicted octanol–water partition coefficient (Wildman–Crippen LogP) is 0.644. The molecule has 0 saturated carbocycles. The molecule has 0 aliphatic rings. The van der Waals surface area contributed by atoms with Crippen molar-refractivity contribution in [2.24, 2.45) is 0 Å². The number of nitro groups is 1. The van der Waals surface area contributed by atoms with Crippen LogP contribution in [0.3, 0.4) is 0 Å². The number of nitrogens with zero attached hydrogens (tertiary/aromatic N) is 3. The molecule has 1 rings (SSSR count). The van der Waals surface area contributed by atoms with Crippen LogP contribution >= 0.6 is 0 Å².